The number of hydrogen-bond donors (Lipinski definition) is 2. The van der Waals surface area contributed by atoms with Gasteiger partial charge in [-0.3, -0.25) is 14.5 Å². The van der Waals surface area contributed by atoms with Gasteiger partial charge < -0.3 is 20.2 Å². The molecule has 2 N–H and O–H groups in total. The highest BCUT2D eigenvalue weighted by atomic mass is 16.3. The molecule has 8 heteroatoms. The topological polar surface area (TPSA) is 89.0 Å². The normalized spacial score (nSPS) is 36.8. The summed E-state index contributed by atoms with van der Waals surface area (Å²) in [6, 6.07) is 6.80. The van der Waals surface area contributed by atoms with Gasteiger partial charge in [0.15, 0.2) is 0 Å². The molecule has 7 rings (SSSR count). The first-order chi connectivity index (χ1) is 17.3. The summed E-state index contributed by atoms with van der Waals surface area (Å²) >= 11 is 0. The zero-order valence-electron chi connectivity index (χ0n) is 21.7. The molecule has 1 aromatic heterocycles. The van der Waals surface area contributed by atoms with Crippen molar-refractivity contribution in [3.8, 4) is 0 Å². The van der Waals surface area contributed by atoms with Gasteiger partial charge in [-0.1, -0.05) is 6.07 Å². The summed E-state index contributed by atoms with van der Waals surface area (Å²) in [6.07, 6.45) is 6.96. The van der Waals surface area contributed by atoms with Gasteiger partial charge in [0, 0.05) is 57.8 Å². The minimum atomic E-state index is -0.487. The van der Waals surface area contributed by atoms with Crippen LogP contribution in [0.25, 0.3) is 0 Å². The number of anilines is 1. The van der Waals surface area contributed by atoms with Gasteiger partial charge in [0.05, 0.1) is 5.60 Å². The number of aromatic nitrogens is 1. The Morgan fingerprint density at radius 2 is 1.78 bits per heavy atom. The molecule has 3 heterocycles. The quantitative estimate of drug-likeness (QED) is 0.666. The van der Waals surface area contributed by atoms with Crippen LogP contribution in [0.5, 0.6) is 0 Å². The number of amides is 2. The van der Waals surface area contributed by atoms with Gasteiger partial charge in [0.1, 0.15) is 11.5 Å². The molecule has 1 aromatic rings. The number of nitrogens with zero attached hydrogens (tertiary/aromatic N) is 4. The average molecular weight is 496 g/mol. The number of nitrogens with one attached hydrogen (secondary N) is 1. The minimum Gasteiger partial charge on any atom is -0.390 e. The Kier molecular flexibility index (Phi) is 6.23. The Balaban J connectivity index is 1.07. The number of piperidine rings is 1. The van der Waals surface area contributed by atoms with Crippen LogP contribution in [0.3, 0.4) is 0 Å². The van der Waals surface area contributed by atoms with Gasteiger partial charge in [0.25, 0.3) is 5.91 Å². The lowest BCUT2D eigenvalue weighted by Gasteiger charge is -2.58. The molecule has 0 spiro atoms. The third kappa shape index (κ3) is 4.51. The van der Waals surface area contributed by atoms with Crippen molar-refractivity contribution in [2.45, 2.75) is 82.5 Å². The number of pyridine rings is 1. The molecular weight excluding hydrogens is 454 g/mol. The molecule has 6 fully saturated rings. The second kappa shape index (κ2) is 9.28. The molecule has 3 unspecified atom stereocenters. The van der Waals surface area contributed by atoms with E-state index < -0.39 is 5.60 Å². The highest BCUT2D eigenvalue weighted by Crippen LogP contribution is 2.55. The Morgan fingerprint density at radius 1 is 1.06 bits per heavy atom. The van der Waals surface area contributed by atoms with Gasteiger partial charge >= 0.3 is 0 Å². The molecule has 0 radical (unpaired) electrons. The van der Waals surface area contributed by atoms with Gasteiger partial charge in [0.2, 0.25) is 5.91 Å². The second-order valence-electron chi connectivity index (χ2n) is 12.3. The highest BCUT2D eigenvalue weighted by molar-refractivity contribution is 5.93. The van der Waals surface area contributed by atoms with Gasteiger partial charge in [-0.15, -0.1) is 0 Å². The van der Waals surface area contributed by atoms with E-state index in [2.05, 4.69) is 22.0 Å². The molecule has 0 aromatic carbocycles. The summed E-state index contributed by atoms with van der Waals surface area (Å²) in [5.41, 5.74) is 0.00441. The standard InChI is InChI=1S/C28H41N5O3/c1-18-17-32(23-6-8-31(9-7-23)19(2)34)10-11-33(18)25-5-3-4-24(29-25)27(35)30-26-21-12-20-13-22(26)16-28(36,14-20)15-21/h3-5,18,20-23,26,36H,6-17H2,1-2H3,(H,30,35). The third-order valence-electron chi connectivity index (χ3n) is 9.89. The summed E-state index contributed by atoms with van der Waals surface area (Å²) in [4.78, 5) is 36.6. The van der Waals surface area contributed by atoms with Crippen LogP contribution >= 0.6 is 0 Å². The van der Waals surface area contributed by atoms with Crippen molar-refractivity contribution < 1.29 is 14.7 Å². The largest absolute Gasteiger partial charge is 0.390 e. The van der Waals surface area contributed by atoms with E-state index in [9.17, 15) is 14.7 Å². The number of carbonyl (C=O) groups excluding carboxylic acids is 2. The van der Waals surface area contributed by atoms with E-state index in [0.717, 1.165) is 83.5 Å². The summed E-state index contributed by atoms with van der Waals surface area (Å²) in [5.74, 6) is 2.39. The molecule has 196 valence electrons. The van der Waals surface area contributed by atoms with E-state index in [1.807, 2.05) is 23.1 Å². The average Bonchev–Trinajstić information content (AvgIpc) is 2.85. The Labute approximate surface area is 214 Å². The fourth-order valence-electron chi connectivity index (χ4n) is 8.36. The first-order valence-corrected chi connectivity index (χ1v) is 14.0. The van der Waals surface area contributed by atoms with Gasteiger partial charge in [-0.2, -0.15) is 0 Å². The van der Waals surface area contributed by atoms with Crippen molar-refractivity contribution in [3.63, 3.8) is 0 Å². The van der Waals surface area contributed by atoms with Gasteiger partial charge in [-0.25, -0.2) is 4.98 Å². The number of hydrogen-bond acceptors (Lipinski definition) is 6. The molecule has 4 saturated carbocycles. The molecule has 2 amide bonds. The van der Waals surface area contributed by atoms with E-state index in [-0.39, 0.29) is 17.9 Å². The number of carbonyl (C=O) groups is 2. The van der Waals surface area contributed by atoms with Crippen molar-refractivity contribution >= 4 is 17.6 Å². The van der Waals surface area contributed by atoms with E-state index in [0.29, 0.717) is 35.5 Å². The second-order valence-corrected chi connectivity index (χ2v) is 12.3. The molecule has 2 saturated heterocycles. The van der Waals surface area contributed by atoms with Crippen LogP contribution in [-0.2, 0) is 4.79 Å². The monoisotopic (exact) mass is 495 g/mol. The first-order valence-electron chi connectivity index (χ1n) is 14.0. The Hall–Kier alpha value is -2.19. The van der Waals surface area contributed by atoms with Crippen LogP contribution in [0.1, 0.15) is 69.3 Å². The van der Waals surface area contributed by atoms with E-state index in [1.165, 1.54) is 0 Å². The van der Waals surface area contributed by atoms with Crippen molar-refractivity contribution in [2.24, 2.45) is 17.8 Å². The minimum absolute atomic E-state index is 0.0789. The molecule has 2 aliphatic heterocycles. The van der Waals surface area contributed by atoms with Gasteiger partial charge in [-0.05, 0) is 81.8 Å². The number of piperazine rings is 1. The fraction of sp³-hybridized carbons (Fsp3) is 0.750. The molecular formula is C28H41N5O3. The molecule has 4 aliphatic carbocycles. The van der Waals surface area contributed by atoms with Crippen LogP contribution < -0.4 is 10.2 Å². The lowest BCUT2D eigenvalue weighted by atomic mass is 9.52. The maximum Gasteiger partial charge on any atom is 0.270 e. The predicted octanol–water partition coefficient (Wildman–Crippen LogP) is 2.27. The third-order valence-corrected chi connectivity index (χ3v) is 9.89. The molecule has 8 nitrogen and oxygen atoms in total. The zero-order chi connectivity index (χ0) is 25.0. The first kappa shape index (κ1) is 24.2. The zero-order valence-corrected chi connectivity index (χ0v) is 21.7. The molecule has 4 bridgehead atoms. The van der Waals surface area contributed by atoms with E-state index in [1.54, 1.807) is 6.92 Å². The Bertz CT molecular complexity index is 993. The molecule has 3 atom stereocenters. The van der Waals surface area contributed by atoms with Crippen molar-refractivity contribution in [3.05, 3.63) is 23.9 Å². The summed E-state index contributed by atoms with van der Waals surface area (Å²) in [5, 5.41) is 14.2. The maximum atomic E-state index is 13.3. The van der Waals surface area contributed by atoms with Crippen molar-refractivity contribution in [1.29, 1.82) is 0 Å². The number of rotatable bonds is 4. The van der Waals surface area contributed by atoms with Crippen LogP contribution in [0, 0.1) is 17.8 Å². The number of likely N-dealkylation sites (tertiary alicyclic amines) is 1. The fourth-order valence-corrected chi connectivity index (χ4v) is 8.36. The molecule has 36 heavy (non-hydrogen) atoms. The van der Waals surface area contributed by atoms with E-state index >= 15 is 0 Å². The highest BCUT2D eigenvalue weighted by Gasteiger charge is 2.55. The van der Waals surface area contributed by atoms with Crippen LogP contribution in [0.2, 0.25) is 0 Å². The number of aliphatic hydroxyl groups is 1. The summed E-state index contributed by atoms with van der Waals surface area (Å²) in [7, 11) is 0. The van der Waals surface area contributed by atoms with Crippen LogP contribution in [-0.4, -0.2) is 88.2 Å². The van der Waals surface area contributed by atoms with E-state index in [4.69, 9.17) is 4.98 Å². The Morgan fingerprint density at radius 3 is 2.42 bits per heavy atom. The maximum absolute atomic E-state index is 13.3. The van der Waals surface area contributed by atoms with Crippen LogP contribution in [0.4, 0.5) is 5.82 Å². The lowest BCUT2D eigenvalue weighted by molar-refractivity contribution is -0.137. The summed E-state index contributed by atoms with van der Waals surface area (Å²) < 4.78 is 0. The molecule has 6 aliphatic rings. The van der Waals surface area contributed by atoms with Crippen molar-refractivity contribution in [1.82, 2.24) is 20.1 Å². The predicted molar refractivity (Wildman–Crippen MR) is 138 cm³/mol. The van der Waals surface area contributed by atoms with Crippen molar-refractivity contribution in [2.75, 3.05) is 37.6 Å². The SMILES string of the molecule is CC(=O)N1CCC(N2CCN(c3cccc(C(=O)NC4C5CC6CC4CC(O)(C6)C5)n3)C(C)C2)CC1. The smallest absolute Gasteiger partial charge is 0.270 e. The lowest BCUT2D eigenvalue weighted by Crippen LogP contribution is -2.61. The summed E-state index contributed by atoms with van der Waals surface area (Å²) in [6.45, 7) is 8.45. The van der Waals surface area contributed by atoms with Crippen LogP contribution in [0.15, 0.2) is 18.2 Å².